The fourth-order valence-electron chi connectivity index (χ4n) is 5.93. The molecule has 3 N–H and O–H groups in total. The number of β-amino-alcohol motifs (C(OH)–C–C–N with tert-alkyl or cyclic N) is 1. The van der Waals surface area contributed by atoms with Gasteiger partial charge in [-0.05, 0) is 77.6 Å². The van der Waals surface area contributed by atoms with E-state index in [1.165, 1.54) is 21.9 Å². The lowest BCUT2D eigenvalue weighted by Crippen LogP contribution is -2.82. The highest BCUT2D eigenvalue weighted by molar-refractivity contribution is 14.1. The molecule has 2 heterocycles. The van der Waals surface area contributed by atoms with E-state index in [1.54, 1.807) is 6.07 Å². The van der Waals surface area contributed by atoms with Gasteiger partial charge in [-0.2, -0.15) is 0 Å². The number of anilines is 2. The summed E-state index contributed by atoms with van der Waals surface area (Å²) in [6.07, 6.45) is 0.670. The zero-order chi connectivity index (χ0) is 27.3. The molecule has 4 rings (SSSR count). The molecule has 2 aliphatic rings. The van der Waals surface area contributed by atoms with E-state index in [4.69, 9.17) is 0 Å². The molecule has 2 aromatic rings. The monoisotopic (exact) mass is 631 g/mol. The zero-order valence-corrected chi connectivity index (χ0v) is 22.9. The van der Waals surface area contributed by atoms with Crippen molar-refractivity contribution in [2.75, 3.05) is 25.0 Å². The van der Waals surface area contributed by atoms with Crippen LogP contribution in [0, 0.1) is 26.4 Å². The van der Waals surface area contributed by atoms with E-state index in [-0.39, 0.29) is 30.9 Å². The average Bonchev–Trinajstić information content (AvgIpc) is 2.80. The Labute approximate surface area is 226 Å². The molecule has 0 radical (unpaired) electrons. The summed E-state index contributed by atoms with van der Waals surface area (Å²) in [5, 5.41) is 24.2. The lowest BCUT2D eigenvalue weighted by Gasteiger charge is -2.66. The Morgan fingerprint density at radius 1 is 1.05 bits per heavy atom. The number of rotatable bonds is 4. The lowest BCUT2D eigenvalue weighted by molar-refractivity contribution is -0.217. The van der Waals surface area contributed by atoms with Crippen molar-refractivity contribution in [2.45, 2.75) is 51.2 Å². The molecule has 2 aromatic carbocycles. The number of carboxylic acid groups (broad SMARTS) is 1. The van der Waals surface area contributed by atoms with E-state index in [1.807, 2.05) is 43.4 Å². The van der Waals surface area contributed by atoms with E-state index in [0.29, 0.717) is 16.4 Å². The van der Waals surface area contributed by atoms with Crippen LogP contribution in [0.4, 0.5) is 29.3 Å². The Morgan fingerprint density at radius 3 is 2.32 bits per heavy atom. The molecule has 11 heteroatoms. The van der Waals surface area contributed by atoms with Crippen molar-refractivity contribution in [3.05, 3.63) is 56.9 Å². The van der Waals surface area contributed by atoms with Crippen LogP contribution in [0.15, 0.2) is 30.3 Å². The fourth-order valence-corrected chi connectivity index (χ4v) is 6.39. The molecule has 37 heavy (non-hydrogen) atoms. The smallest absolute Gasteiger partial charge is 0.407 e. The van der Waals surface area contributed by atoms with Gasteiger partial charge in [-0.15, -0.1) is 0 Å². The predicted octanol–water partition coefficient (Wildman–Crippen LogP) is 5.59. The van der Waals surface area contributed by atoms with E-state index in [0.717, 1.165) is 18.6 Å². The third kappa shape index (κ3) is 4.53. The minimum atomic E-state index is -1.55. The number of carbonyl (C=O) groups excluding carboxylic acids is 1. The van der Waals surface area contributed by atoms with Gasteiger partial charge in [0.2, 0.25) is 0 Å². The van der Waals surface area contributed by atoms with Gasteiger partial charge in [0, 0.05) is 10.1 Å². The van der Waals surface area contributed by atoms with Crippen molar-refractivity contribution in [1.82, 2.24) is 9.80 Å². The van der Waals surface area contributed by atoms with E-state index >= 15 is 0 Å². The van der Waals surface area contributed by atoms with Gasteiger partial charge in [0.1, 0.15) is 11.4 Å². The van der Waals surface area contributed by atoms with E-state index in [2.05, 4.69) is 5.32 Å². The van der Waals surface area contributed by atoms with Crippen LogP contribution >= 0.6 is 22.6 Å². The molecule has 2 fully saturated rings. The second-order valence-corrected chi connectivity index (χ2v) is 12.0. The SMILES string of the molecule is CC(C)(C)[C@@]1(C2(O)CN(C(=O)c3ccc(F)c(F)c3Nc3ccc(I)cc3F)C2)CCCCN1C(=O)O. The molecule has 0 aliphatic carbocycles. The Kier molecular flexibility index (Phi) is 7.17. The van der Waals surface area contributed by atoms with E-state index in [9.17, 15) is 33.0 Å². The molecule has 0 aromatic heterocycles. The highest BCUT2D eigenvalue weighted by Crippen LogP contribution is 2.52. The van der Waals surface area contributed by atoms with Crippen molar-refractivity contribution in [1.29, 1.82) is 0 Å². The first kappa shape index (κ1) is 27.5. The number of halogens is 4. The first-order chi connectivity index (χ1) is 17.2. The largest absolute Gasteiger partial charge is 0.465 e. The molecule has 2 saturated heterocycles. The van der Waals surface area contributed by atoms with Crippen LogP contribution in [0.3, 0.4) is 0 Å². The highest BCUT2D eigenvalue weighted by atomic mass is 127. The molecule has 2 aliphatic heterocycles. The molecule has 2 amide bonds. The average molecular weight is 631 g/mol. The standard InChI is InChI=1S/C26H29F3IN3O4/c1-24(2,3)26(10-4-5-11-33(26)23(35)36)25(37)13-32(14-25)22(34)16-7-8-17(27)20(29)21(16)31-19-9-6-15(30)12-18(19)28/h6-9,12,31,37H,4-5,10-11,13-14H2,1-3H3,(H,35,36)/t26-/m1/s1. The van der Waals surface area contributed by atoms with Crippen LogP contribution in [0.5, 0.6) is 0 Å². The Bertz CT molecular complexity index is 1250. The van der Waals surface area contributed by atoms with Crippen LogP contribution in [-0.4, -0.2) is 62.8 Å². The first-order valence-corrected chi connectivity index (χ1v) is 13.0. The number of hydrogen-bond donors (Lipinski definition) is 3. The third-order valence-electron chi connectivity index (χ3n) is 7.58. The maximum atomic E-state index is 14.9. The van der Waals surface area contributed by atoms with E-state index < -0.39 is 51.7 Å². The maximum Gasteiger partial charge on any atom is 0.407 e. The van der Waals surface area contributed by atoms with Gasteiger partial charge in [-0.1, -0.05) is 20.8 Å². The summed E-state index contributed by atoms with van der Waals surface area (Å²) in [4.78, 5) is 28.2. The van der Waals surface area contributed by atoms with Gasteiger partial charge < -0.3 is 20.4 Å². The van der Waals surface area contributed by atoms with Crippen LogP contribution in [0.1, 0.15) is 50.4 Å². The number of likely N-dealkylation sites (tertiary alicyclic amines) is 2. The number of aliphatic hydroxyl groups is 1. The van der Waals surface area contributed by atoms with Crippen molar-refractivity contribution in [3.63, 3.8) is 0 Å². The molecule has 1 atom stereocenters. The number of piperidine rings is 1. The Morgan fingerprint density at radius 2 is 1.73 bits per heavy atom. The van der Waals surface area contributed by atoms with Crippen molar-refractivity contribution in [3.8, 4) is 0 Å². The van der Waals surface area contributed by atoms with Gasteiger partial charge >= 0.3 is 6.09 Å². The molecular formula is C26H29F3IN3O4. The number of nitrogens with one attached hydrogen (secondary N) is 1. The van der Waals surface area contributed by atoms with Crippen molar-refractivity contribution < 1.29 is 33.0 Å². The number of hydrogen-bond acceptors (Lipinski definition) is 4. The molecule has 0 saturated carbocycles. The van der Waals surface area contributed by atoms with Crippen LogP contribution in [0.2, 0.25) is 0 Å². The molecule has 0 spiro atoms. The van der Waals surface area contributed by atoms with Crippen LogP contribution in [-0.2, 0) is 0 Å². The summed E-state index contributed by atoms with van der Waals surface area (Å²) in [5.41, 5.74) is -4.25. The van der Waals surface area contributed by atoms with Crippen LogP contribution < -0.4 is 5.32 Å². The Balaban J connectivity index is 1.66. The molecule has 0 bridgehead atoms. The van der Waals surface area contributed by atoms with Gasteiger partial charge in [-0.25, -0.2) is 18.0 Å². The van der Waals surface area contributed by atoms with Gasteiger partial charge in [0.15, 0.2) is 11.6 Å². The normalized spacial score (nSPS) is 21.4. The molecule has 7 nitrogen and oxygen atoms in total. The minimum Gasteiger partial charge on any atom is -0.465 e. The number of benzene rings is 2. The first-order valence-electron chi connectivity index (χ1n) is 11.9. The summed E-state index contributed by atoms with van der Waals surface area (Å²) in [7, 11) is 0. The van der Waals surface area contributed by atoms with Gasteiger partial charge in [0.25, 0.3) is 5.91 Å². The minimum absolute atomic E-state index is 0.134. The number of amides is 2. The van der Waals surface area contributed by atoms with Gasteiger partial charge in [0.05, 0.1) is 35.6 Å². The molecular weight excluding hydrogens is 602 g/mol. The second kappa shape index (κ2) is 9.64. The summed E-state index contributed by atoms with van der Waals surface area (Å²) in [6, 6.07) is 6.06. The Hall–Kier alpha value is -2.54. The zero-order valence-electron chi connectivity index (χ0n) is 20.7. The van der Waals surface area contributed by atoms with Crippen molar-refractivity contribution >= 4 is 46.0 Å². The summed E-state index contributed by atoms with van der Waals surface area (Å²) in [5.74, 6) is -3.95. The fraction of sp³-hybridized carbons (Fsp3) is 0.462. The number of carbonyl (C=O) groups is 2. The highest BCUT2D eigenvalue weighted by Gasteiger charge is 2.67. The topological polar surface area (TPSA) is 93.1 Å². The molecule has 200 valence electrons. The summed E-state index contributed by atoms with van der Waals surface area (Å²) in [6.45, 7) is 5.48. The second-order valence-electron chi connectivity index (χ2n) is 10.7. The summed E-state index contributed by atoms with van der Waals surface area (Å²) < 4.78 is 44.0. The maximum absolute atomic E-state index is 14.9. The lowest BCUT2D eigenvalue weighted by atomic mass is 9.56. The quantitative estimate of drug-likeness (QED) is 0.383. The molecule has 0 unspecified atom stereocenters. The van der Waals surface area contributed by atoms with Gasteiger partial charge in [-0.3, -0.25) is 9.69 Å². The number of nitrogens with zero attached hydrogens (tertiary/aromatic N) is 2. The third-order valence-corrected chi connectivity index (χ3v) is 8.25. The predicted molar refractivity (Wildman–Crippen MR) is 140 cm³/mol. The van der Waals surface area contributed by atoms with Crippen LogP contribution in [0.25, 0.3) is 0 Å². The summed E-state index contributed by atoms with van der Waals surface area (Å²) >= 11 is 1.91. The van der Waals surface area contributed by atoms with Crippen molar-refractivity contribution in [2.24, 2.45) is 5.41 Å².